The largest absolute Gasteiger partial charge is 0.454 e. The Morgan fingerprint density at radius 3 is 2.78 bits per heavy atom. The standard InChI is InChI=1S/C19H17N3O4S/c1-11-2-4-12(5-3-11)21-19-22-17(23)9-16(27-19)18(24)20-13-6-7-14-15(8-13)26-10-25-14/h2-8,16H,9-10H2,1H3,(H,20,24)(H,21,22,23)/t16-/m1/s1. The number of anilines is 1. The minimum atomic E-state index is -0.562. The van der Waals surface area contributed by atoms with Crippen LogP contribution in [-0.4, -0.2) is 29.0 Å². The summed E-state index contributed by atoms with van der Waals surface area (Å²) in [5.41, 5.74) is 2.44. The molecular weight excluding hydrogens is 366 g/mol. The number of hydrogen-bond acceptors (Lipinski definition) is 6. The van der Waals surface area contributed by atoms with Crippen LogP contribution in [0.5, 0.6) is 11.5 Å². The SMILES string of the molecule is Cc1ccc(N=C2NC(=O)C[C@H](C(=O)Nc3ccc4c(c3)OCO4)S2)cc1. The van der Waals surface area contributed by atoms with Crippen LogP contribution in [0.2, 0.25) is 0 Å². The van der Waals surface area contributed by atoms with E-state index in [-0.39, 0.29) is 25.0 Å². The van der Waals surface area contributed by atoms with E-state index in [1.165, 1.54) is 11.8 Å². The first-order valence-electron chi connectivity index (χ1n) is 8.39. The summed E-state index contributed by atoms with van der Waals surface area (Å²) < 4.78 is 10.6. The van der Waals surface area contributed by atoms with Gasteiger partial charge in [0.1, 0.15) is 5.25 Å². The molecule has 1 atom stereocenters. The van der Waals surface area contributed by atoms with E-state index in [2.05, 4.69) is 15.6 Å². The van der Waals surface area contributed by atoms with Gasteiger partial charge in [-0.1, -0.05) is 29.5 Å². The van der Waals surface area contributed by atoms with Gasteiger partial charge in [0.25, 0.3) is 0 Å². The van der Waals surface area contributed by atoms with Crippen molar-refractivity contribution in [2.24, 2.45) is 4.99 Å². The highest BCUT2D eigenvalue weighted by atomic mass is 32.2. The third kappa shape index (κ3) is 4.06. The molecule has 2 heterocycles. The molecule has 0 saturated carbocycles. The number of carbonyl (C=O) groups is 2. The third-order valence-electron chi connectivity index (χ3n) is 4.07. The predicted octanol–water partition coefficient (Wildman–Crippen LogP) is 2.97. The van der Waals surface area contributed by atoms with Gasteiger partial charge in [0, 0.05) is 18.2 Å². The van der Waals surface area contributed by atoms with E-state index in [9.17, 15) is 9.59 Å². The van der Waals surface area contributed by atoms with Gasteiger partial charge >= 0.3 is 0 Å². The summed E-state index contributed by atoms with van der Waals surface area (Å²) in [4.78, 5) is 29.1. The Hall–Kier alpha value is -3.00. The molecule has 4 rings (SSSR count). The lowest BCUT2D eigenvalue weighted by atomic mass is 10.2. The average molecular weight is 383 g/mol. The lowest BCUT2D eigenvalue weighted by Gasteiger charge is -2.22. The number of rotatable bonds is 3. The maximum absolute atomic E-state index is 12.6. The first-order valence-corrected chi connectivity index (χ1v) is 9.27. The zero-order valence-electron chi connectivity index (χ0n) is 14.5. The maximum atomic E-state index is 12.6. The average Bonchev–Trinajstić information content (AvgIpc) is 3.11. The Labute approximate surface area is 160 Å². The highest BCUT2D eigenvalue weighted by Crippen LogP contribution is 2.34. The van der Waals surface area contributed by atoms with Crippen molar-refractivity contribution >= 4 is 40.1 Å². The summed E-state index contributed by atoms with van der Waals surface area (Å²) in [7, 11) is 0. The molecule has 1 saturated heterocycles. The van der Waals surface area contributed by atoms with Crippen molar-refractivity contribution in [3.63, 3.8) is 0 Å². The van der Waals surface area contributed by atoms with Crippen molar-refractivity contribution in [1.82, 2.24) is 5.32 Å². The van der Waals surface area contributed by atoms with Gasteiger partial charge in [0.15, 0.2) is 16.7 Å². The third-order valence-corrected chi connectivity index (χ3v) is 5.15. The van der Waals surface area contributed by atoms with Crippen molar-refractivity contribution < 1.29 is 19.1 Å². The Morgan fingerprint density at radius 2 is 1.96 bits per heavy atom. The molecule has 7 nitrogen and oxygen atoms in total. The van der Waals surface area contributed by atoms with Crippen LogP contribution in [0.4, 0.5) is 11.4 Å². The minimum absolute atomic E-state index is 0.0912. The van der Waals surface area contributed by atoms with Crippen molar-refractivity contribution in [2.75, 3.05) is 12.1 Å². The van der Waals surface area contributed by atoms with Crippen LogP contribution < -0.4 is 20.1 Å². The first-order chi connectivity index (χ1) is 13.1. The molecule has 2 aromatic rings. The zero-order chi connectivity index (χ0) is 18.8. The zero-order valence-corrected chi connectivity index (χ0v) is 15.3. The Morgan fingerprint density at radius 1 is 1.19 bits per heavy atom. The number of thioether (sulfide) groups is 1. The molecule has 2 N–H and O–H groups in total. The van der Waals surface area contributed by atoms with Crippen LogP contribution in [0.1, 0.15) is 12.0 Å². The van der Waals surface area contributed by atoms with Crippen LogP contribution >= 0.6 is 11.8 Å². The monoisotopic (exact) mass is 383 g/mol. The number of aliphatic imine (C=N–C) groups is 1. The van der Waals surface area contributed by atoms with Crippen LogP contribution in [0.3, 0.4) is 0 Å². The summed E-state index contributed by atoms with van der Waals surface area (Å²) >= 11 is 1.24. The highest BCUT2D eigenvalue weighted by molar-refractivity contribution is 8.15. The molecule has 0 spiro atoms. The topological polar surface area (TPSA) is 89.0 Å². The number of nitrogens with zero attached hydrogens (tertiary/aromatic N) is 1. The molecular formula is C19H17N3O4S. The summed E-state index contributed by atoms with van der Waals surface area (Å²) in [5, 5.41) is 5.40. The van der Waals surface area contributed by atoms with E-state index in [1.54, 1.807) is 18.2 Å². The molecule has 8 heteroatoms. The van der Waals surface area contributed by atoms with Gasteiger partial charge in [0.2, 0.25) is 18.6 Å². The molecule has 2 amide bonds. The number of aryl methyl sites for hydroxylation is 1. The van der Waals surface area contributed by atoms with E-state index < -0.39 is 5.25 Å². The maximum Gasteiger partial charge on any atom is 0.238 e. The summed E-state index contributed by atoms with van der Waals surface area (Å²) in [6, 6.07) is 12.8. The second-order valence-corrected chi connectivity index (χ2v) is 7.36. The Balaban J connectivity index is 1.46. The Kier molecular flexibility index (Phi) is 4.72. The van der Waals surface area contributed by atoms with Gasteiger partial charge in [-0.25, -0.2) is 4.99 Å². The number of amides is 2. The van der Waals surface area contributed by atoms with Crippen molar-refractivity contribution in [1.29, 1.82) is 0 Å². The highest BCUT2D eigenvalue weighted by Gasteiger charge is 2.30. The molecule has 0 bridgehead atoms. The van der Waals surface area contributed by atoms with E-state index >= 15 is 0 Å². The minimum Gasteiger partial charge on any atom is -0.454 e. The van der Waals surface area contributed by atoms with Crippen LogP contribution in [0, 0.1) is 6.92 Å². The second-order valence-electron chi connectivity index (χ2n) is 6.17. The van der Waals surface area contributed by atoms with Gasteiger partial charge < -0.3 is 20.1 Å². The summed E-state index contributed by atoms with van der Waals surface area (Å²) in [6.45, 7) is 2.16. The Bertz CT molecular complexity index is 927. The lowest BCUT2D eigenvalue weighted by Crippen LogP contribution is -2.41. The van der Waals surface area contributed by atoms with Gasteiger partial charge in [-0.05, 0) is 31.2 Å². The number of amidine groups is 1. The number of nitrogens with one attached hydrogen (secondary N) is 2. The fourth-order valence-electron chi connectivity index (χ4n) is 2.68. The van der Waals surface area contributed by atoms with Crippen LogP contribution in [-0.2, 0) is 9.59 Å². The molecule has 0 radical (unpaired) electrons. The normalized spacial score (nSPS) is 19.7. The van der Waals surface area contributed by atoms with Crippen molar-refractivity contribution in [3.05, 3.63) is 48.0 Å². The summed E-state index contributed by atoms with van der Waals surface area (Å²) in [6.07, 6.45) is 0.0912. The van der Waals surface area contributed by atoms with Crippen molar-refractivity contribution in [3.8, 4) is 11.5 Å². The number of hydrogen-bond donors (Lipinski definition) is 2. The van der Waals surface area contributed by atoms with Crippen LogP contribution in [0.25, 0.3) is 0 Å². The van der Waals surface area contributed by atoms with Gasteiger partial charge in [0.05, 0.1) is 5.69 Å². The number of fused-ring (bicyclic) bond motifs is 1. The van der Waals surface area contributed by atoms with E-state index in [0.29, 0.717) is 22.4 Å². The smallest absolute Gasteiger partial charge is 0.238 e. The molecule has 2 aromatic carbocycles. The molecule has 2 aliphatic rings. The van der Waals surface area contributed by atoms with Gasteiger partial charge in [-0.3, -0.25) is 9.59 Å². The van der Waals surface area contributed by atoms with E-state index in [4.69, 9.17) is 9.47 Å². The second kappa shape index (κ2) is 7.32. The quantitative estimate of drug-likeness (QED) is 0.851. The first kappa shape index (κ1) is 17.4. The molecule has 0 aromatic heterocycles. The molecule has 138 valence electrons. The molecule has 27 heavy (non-hydrogen) atoms. The molecule has 0 aliphatic carbocycles. The van der Waals surface area contributed by atoms with Crippen molar-refractivity contribution in [2.45, 2.75) is 18.6 Å². The van der Waals surface area contributed by atoms with E-state index in [1.807, 2.05) is 31.2 Å². The number of carbonyl (C=O) groups excluding carboxylic acids is 2. The molecule has 0 unspecified atom stereocenters. The summed E-state index contributed by atoms with van der Waals surface area (Å²) in [5.74, 6) is 0.742. The fraction of sp³-hybridized carbons (Fsp3) is 0.211. The van der Waals surface area contributed by atoms with E-state index in [0.717, 1.165) is 11.3 Å². The number of ether oxygens (including phenoxy) is 2. The number of benzene rings is 2. The molecule has 1 fully saturated rings. The molecule has 2 aliphatic heterocycles. The van der Waals surface area contributed by atoms with Crippen LogP contribution in [0.15, 0.2) is 47.5 Å². The fourth-order valence-corrected chi connectivity index (χ4v) is 3.68. The lowest BCUT2D eigenvalue weighted by molar-refractivity contribution is -0.123. The van der Waals surface area contributed by atoms with Gasteiger partial charge in [-0.2, -0.15) is 0 Å². The predicted molar refractivity (Wildman–Crippen MR) is 104 cm³/mol. The van der Waals surface area contributed by atoms with Gasteiger partial charge in [-0.15, -0.1) is 0 Å².